The van der Waals surface area contributed by atoms with Crippen molar-refractivity contribution in [1.29, 1.82) is 0 Å². The van der Waals surface area contributed by atoms with Gasteiger partial charge in [-0.1, -0.05) is 18.2 Å². The maximum absolute atomic E-state index is 12.1. The SMILES string of the molecule is COCC(=O)N1CCC(c2nsc(NC3NCC(SC4CCCCN4)CC3Oc3ccccc3)n2)CC1.Cl.Cl. The third-order valence-electron chi connectivity index (χ3n) is 7.29. The zero-order valence-electron chi connectivity index (χ0n) is 22.3. The smallest absolute Gasteiger partial charge is 0.248 e. The fraction of sp³-hybridized carbons (Fsp3) is 0.654. The van der Waals surface area contributed by atoms with Gasteiger partial charge >= 0.3 is 0 Å². The number of anilines is 1. The number of aromatic nitrogens is 2. The number of halogens is 2. The summed E-state index contributed by atoms with van der Waals surface area (Å²) in [4.78, 5) is 18.8. The van der Waals surface area contributed by atoms with E-state index in [0.29, 0.717) is 10.6 Å². The number of para-hydroxylation sites is 1. The quantitative estimate of drug-likeness (QED) is 0.383. The van der Waals surface area contributed by atoms with Gasteiger partial charge in [-0.25, -0.2) is 4.98 Å². The number of rotatable bonds is 9. The van der Waals surface area contributed by atoms with E-state index in [4.69, 9.17) is 14.5 Å². The lowest BCUT2D eigenvalue weighted by Crippen LogP contribution is -2.56. The summed E-state index contributed by atoms with van der Waals surface area (Å²) in [5, 5.41) is 12.8. The van der Waals surface area contributed by atoms with Gasteiger partial charge in [0.1, 0.15) is 30.5 Å². The molecule has 0 spiro atoms. The molecule has 4 unspecified atom stereocenters. The monoisotopic (exact) mass is 618 g/mol. The Morgan fingerprint density at radius 1 is 1.15 bits per heavy atom. The van der Waals surface area contributed by atoms with Crippen molar-refractivity contribution < 1.29 is 14.3 Å². The molecule has 3 fully saturated rings. The van der Waals surface area contributed by atoms with E-state index in [-0.39, 0.29) is 55.5 Å². The van der Waals surface area contributed by atoms with Crippen molar-refractivity contribution in [2.45, 2.75) is 67.3 Å². The Kier molecular flexibility index (Phi) is 13.4. The molecule has 0 aliphatic carbocycles. The molecule has 3 saturated heterocycles. The van der Waals surface area contributed by atoms with Crippen LogP contribution in [0.1, 0.15) is 50.3 Å². The average molecular weight is 620 g/mol. The van der Waals surface area contributed by atoms with Gasteiger partial charge in [-0.05, 0) is 50.8 Å². The summed E-state index contributed by atoms with van der Waals surface area (Å²) in [7, 11) is 1.56. The minimum Gasteiger partial charge on any atom is -0.487 e. The second kappa shape index (κ2) is 16.2. The molecule has 1 amide bonds. The number of thioether (sulfide) groups is 1. The van der Waals surface area contributed by atoms with Crippen molar-refractivity contribution in [1.82, 2.24) is 24.9 Å². The first-order chi connectivity index (χ1) is 18.2. The molecular formula is C26H40Cl2N6O3S2. The normalized spacial score (nSPS) is 25.7. The lowest BCUT2D eigenvalue weighted by atomic mass is 9.96. The van der Waals surface area contributed by atoms with E-state index in [1.54, 1.807) is 7.11 Å². The van der Waals surface area contributed by atoms with Gasteiger partial charge in [0.15, 0.2) is 0 Å². The van der Waals surface area contributed by atoms with Crippen molar-refractivity contribution >= 4 is 59.1 Å². The number of hydrogen-bond acceptors (Lipinski definition) is 10. The number of carbonyl (C=O) groups is 1. The predicted octanol–water partition coefficient (Wildman–Crippen LogP) is 4.11. The van der Waals surface area contributed by atoms with Crippen molar-refractivity contribution in [3.8, 4) is 5.75 Å². The molecule has 9 nitrogen and oxygen atoms in total. The van der Waals surface area contributed by atoms with Gasteiger partial charge in [0.05, 0.1) is 5.37 Å². The molecule has 39 heavy (non-hydrogen) atoms. The van der Waals surface area contributed by atoms with Crippen LogP contribution in [0, 0.1) is 0 Å². The zero-order chi connectivity index (χ0) is 25.5. The lowest BCUT2D eigenvalue weighted by Gasteiger charge is -2.38. The van der Waals surface area contributed by atoms with Gasteiger partial charge in [-0.2, -0.15) is 4.37 Å². The summed E-state index contributed by atoms with van der Waals surface area (Å²) in [6, 6.07) is 10.1. The molecule has 2 aromatic rings. The molecule has 3 aliphatic rings. The van der Waals surface area contributed by atoms with E-state index < -0.39 is 0 Å². The number of carbonyl (C=O) groups excluding carboxylic acids is 1. The summed E-state index contributed by atoms with van der Waals surface area (Å²) >= 11 is 3.46. The number of hydrogen-bond donors (Lipinski definition) is 3. The molecule has 4 heterocycles. The number of likely N-dealkylation sites (tertiary alicyclic amines) is 1. The number of piperidine rings is 3. The summed E-state index contributed by atoms with van der Waals surface area (Å²) < 4.78 is 16.1. The highest BCUT2D eigenvalue weighted by atomic mass is 35.5. The van der Waals surface area contributed by atoms with Crippen molar-refractivity contribution in [2.24, 2.45) is 0 Å². The number of nitrogens with one attached hydrogen (secondary N) is 3. The third-order valence-corrected chi connectivity index (χ3v) is 9.42. The zero-order valence-corrected chi connectivity index (χ0v) is 25.5. The van der Waals surface area contributed by atoms with Crippen LogP contribution in [0.5, 0.6) is 5.75 Å². The highest BCUT2D eigenvalue weighted by molar-refractivity contribution is 8.00. The van der Waals surface area contributed by atoms with Crippen LogP contribution in [-0.4, -0.2) is 83.0 Å². The van der Waals surface area contributed by atoms with Crippen LogP contribution in [-0.2, 0) is 9.53 Å². The maximum Gasteiger partial charge on any atom is 0.248 e. The van der Waals surface area contributed by atoms with E-state index in [9.17, 15) is 4.79 Å². The number of benzene rings is 1. The van der Waals surface area contributed by atoms with Crippen molar-refractivity contribution in [3.63, 3.8) is 0 Å². The molecule has 0 saturated carbocycles. The second-order valence-corrected chi connectivity index (χ2v) is 12.2. The molecule has 4 atom stereocenters. The lowest BCUT2D eigenvalue weighted by molar-refractivity contribution is -0.136. The Morgan fingerprint density at radius 3 is 2.67 bits per heavy atom. The van der Waals surface area contributed by atoms with Crippen molar-refractivity contribution in [2.75, 3.05) is 45.2 Å². The average Bonchev–Trinajstić information content (AvgIpc) is 3.40. The van der Waals surface area contributed by atoms with Gasteiger partial charge in [0, 0.05) is 55.9 Å². The summed E-state index contributed by atoms with van der Waals surface area (Å²) in [5.41, 5.74) is 0. The molecule has 1 aromatic heterocycles. The van der Waals surface area contributed by atoms with E-state index in [0.717, 1.165) is 62.1 Å². The van der Waals surface area contributed by atoms with Crippen LogP contribution in [0.4, 0.5) is 5.13 Å². The van der Waals surface area contributed by atoms with Gasteiger partial charge in [-0.15, -0.1) is 36.6 Å². The van der Waals surface area contributed by atoms with Crippen LogP contribution in [0.3, 0.4) is 0 Å². The van der Waals surface area contributed by atoms with E-state index in [1.807, 2.05) is 47.0 Å². The van der Waals surface area contributed by atoms with Crippen LogP contribution in [0.25, 0.3) is 0 Å². The third kappa shape index (κ3) is 9.08. The van der Waals surface area contributed by atoms with E-state index in [2.05, 4.69) is 20.3 Å². The number of methoxy groups -OCH3 is 1. The topological polar surface area (TPSA) is 101 Å². The minimum absolute atomic E-state index is 0. The van der Waals surface area contributed by atoms with E-state index >= 15 is 0 Å². The van der Waals surface area contributed by atoms with Gasteiger partial charge < -0.3 is 25.0 Å². The fourth-order valence-corrected chi connectivity index (χ4v) is 7.43. The van der Waals surface area contributed by atoms with E-state index in [1.165, 1.54) is 30.8 Å². The molecule has 5 rings (SSSR count). The molecular weight excluding hydrogens is 579 g/mol. The Labute approximate surface area is 251 Å². The Bertz CT molecular complexity index is 993. The number of amides is 1. The first kappa shape index (κ1) is 32.2. The van der Waals surface area contributed by atoms with Crippen LogP contribution in [0.2, 0.25) is 0 Å². The fourth-order valence-electron chi connectivity index (χ4n) is 5.27. The minimum atomic E-state index is -0.0503. The Balaban J connectivity index is 0.00000210. The van der Waals surface area contributed by atoms with Crippen LogP contribution in [0.15, 0.2) is 30.3 Å². The Morgan fingerprint density at radius 2 is 1.95 bits per heavy atom. The highest BCUT2D eigenvalue weighted by Crippen LogP contribution is 2.32. The van der Waals surface area contributed by atoms with Gasteiger partial charge in [0.2, 0.25) is 11.0 Å². The number of nitrogens with zero attached hydrogens (tertiary/aromatic N) is 3. The Hall–Kier alpha value is -1.34. The first-order valence-electron chi connectivity index (χ1n) is 13.4. The largest absolute Gasteiger partial charge is 0.487 e. The molecule has 218 valence electrons. The first-order valence-corrected chi connectivity index (χ1v) is 15.1. The van der Waals surface area contributed by atoms with Crippen molar-refractivity contribution in [3.05, 3.63) is 36.2 Å². The molecule has 1 aromatic carbocycles. The summed E-state index contributed by atoms with van der Waals surface area (Å²) in [6.07, 6.45) is 6.46. The van der Waals surface area contributed by atoms with Crippen LogP contribution < -0.4 is 20.7 Å². The standard InChI is InChI=1S/C26H38N6O3S2.2ClH/c1-34-17-23(33)32-13-10-18(11-14-32)24-29-26(37-31-24)30-25-21(35-19-7-3-2-4-8-19)15-20(16-28-25)36-22-9-5-6-12-27-22;;/h2-4,7-8,18,20-22,25,27-28H,5-6,9-17H2,1H3,(H,29,30,31);2*1H. The second-order valence-electron chi connectivity index (χ2n) is 9.98. The summed E-state index contributed by atoms with van der Waals surface area (Å²) in [5.74, 6) is 2.09. The van der Waals surface area contributed by atoms with Gasteiger partial charge in [-0.3, -0.25) is 10.1 Å². The number of ether oxygens (including phenoxy) is 2. The molecule has 0 radical (unpaired) electrons. The van der Waals surface area contributed by atoms with Crippen LogP contribution >= 0.6 is 48.1 Å². The molecule has 0 bridgehead atoms. The highest BCUT2D eigenvalue weighted by Gasteiger charge is 2.35. The molecule has 3 N–H and O–H groups in total. The molecule has 13 heteroatoms. The van der Waals surface area contributed by atoms with Gasteiger partial charge in [0.25, 0.3) is 0 Å². The maximum atomic E-state index is 12.1. The summed E-state index contributed by atoms with van der Waals surface area (Å²) in [6.45, 7) is 3.63. The molecule has 3 aliphatic heterocycles. The predicted molar refractivity (Wildman–Crippen MR) is 163 cm³/mol.